The Balaban J connectivity index is 2.93. The number of nitrogens with one attached hydrogen (secondary N) is 2. The second kappa shape index (κ2) is 10.8. The van der Waals surface area contributed by atoms with E-state index in [4.69, 9.17) is 9.47 Å². The third kappa shape index (κ3) is 10.6. The highest BCUT2D eigenvalue weighted by Gasteiger charge is 2.35. The summed E-state index contributed by atoms with van der Waals surface area (Å²) in [5.74, 6) is -0.341. The van der Waals surface area contributed by atoms with Crippen LogP contribution in [0.2, 0.25) is 0 Å². The number of ether oxygens (including phenoxy) is 2. The molecule has 0 aliphatic heterocycles. The summed E-state index contributed by atoms with van der Waals surface area (Å²) >= 11 is 0. The summed E-state index contributed by atoms with van der Waals surface area (Å²) < 4.78 is 10.4. The van der Waals surface area contributed by atoms with Gasteiger partial charge in [-0.1, -0.05) is 71.9 Å². The zero-order chi connectivity index (χ0) is 23.0. The first-order chi connectivity index (χ1) is 13.7. The summed E-state index contributed by atoms with van der Waals surface area (Å²) in [7, 11) is 1.38. The second-order valence-corrected chi connectivity index (χ2v) is 10.6. The molecule has 1 aromatic rings. The fraction of sp³-hybridized carbons (Fsp3) is 0.667. The van der Waals surface area contributed by atoms with E-state index in [1.165, 1.54) is 7.11 Å². The molecular weight excluding hydrogens is 380 g/mol. The molecule has 0 saturated carbocycles. The summed E-state index contributed by atoms with van der Waals surface area (Å²) in [5, 5.41) is 6.30. The summed E-state index contributed by atoms with van der Waals surface area (Å²) in [4.78, 5) is 25.0. The Morgan fingerprint density at radius 1 is 0.933 bits per heavy atom. The second-order valence-electron chi connectivity index (χ2n) is 10.6. The van der Waals surface area contributed by atoms with E-state index in [-0.39, 0.29) is 23.4 Å². The molecular formula is C24H40N2O4. The monoisotopic (exact) mass is 420 g/mol. The summed E-state index contributed by atoms with van der Waals surface area (Å²) in [6.45, 7) is 14.7. The molecule has 2 N–H and O–H groups in total. The molecule has 0 aliphatic carbocycles. The first-order valence-electron chi connectivity index (χ1n) is 10.6. The van der Waals surface area contributed by atoms with Crippen LogP contribution < -0.4 is 10.6 Å². The van der Waals surface area contributed by atoms with Gasteiger partial charge >= 0.3 is 12.1 Å². The molecule has 1 amide bonds. The number of alkyl carbamates (subject to hydrolysis) is 1. The minimum atomic E-state index is -0.828. The van der Waals surface area contributed by atoms with E-state index in [1.54, 1.807) is 0 Å². The van der Waals surface area contributed by atoms with Crippen molar-refractivity contribution in [2.45, 2.75) is 86.0 Å². The molecule has 6 nitrogen and oxygen atoms in total. The quantitative estimate of drug-likeness (QED) is 0.433. The van der Waals surface area contributed by atoms with E-state index in [0.717, 1.165) is 12.0 Å². The lowest BCUT2D eigenvalue weighted by atomic mass is 9.85. The first kappa shape index (κ1) is 26.0. The Bertz CT molecular complexity index is 677. The van der Waals surface area contributed by atoms with Crippen molar-refractivity contribution >= 4 is 12.1 Å². The zero-order valence-electron chi connectivity index (χ0n) is 19.9. The molecule has 0 radical (unpaired) electrons. The highest BCUT2D eigenvalue weighted by Crippen LogP contribution is 2.27. The van der Waals surface area contributed by atoms with Crippen LogP contribution in [0, 0.1) is 10.8 Å². The fourth-order valence-electron chi connectivity index (χ4n) is 3.11. The normalized spacial score (nSPS) is 15.1. The number of amides is 1. The number of esters is 1. The summed E-state index contributed by atoms with van der Waals surface area (Å²) in [5.41, 5.74) is 0.0660. The van der Waals surface area contributed by atoms with Gasteiger partial charge in [0.05, 0.1) is 12.8 Å². The van der Waals surface area contributed by atoms with Crippen molar-refractivity contribution in [2.24, 2.45) is 10.8 Å². The van der Waals surface area contributed by atoms with Crippen molar-refractivity contribution in [3.8, 4) is 0 Å². The van der Waals surface area contributed by atoms with Gasteiger partial charge in [0, 0.05) is 0 Å². The largest absolute Gasteiger partial charge is 0.468 e. The van der Waals surface area contributed by atoms with E-state index in [9.17, 15) is 9.59 Å². The van der Waals surface area contributed by atoms with Crippen molar-refractivity contribution in [3.63, 3.8) is 0 Å². The number of hydrogen-bond acceptors (Lipinski definition) is 5. The number of carbonyl (C=O) groups is 2. The number of methoxy groups -OCH3 is 1. The topological polar surface area (TPSA) is 76.7 Å². The van der Waals surface area contributed by atoms with E-state index in [2.05, 4.69) is 52.2 Å². The average molecular weight is 421 g/mol. The molecule has 1 aromatic carbocycles. The standard InChI is InChI=1S/C24H40N2O4/c1-22(2,3)14-15-24(7,25-19(20(27)29-8)16-23(4,5)6)26-21(28)30-17-18-12-10-9-11-13-18/h9-13,19,25H,14-17H2,1-8H3,(H,26,28)/t19-,24+/m0/s1. The predicted molar refractivity (Wildman–Crippen MR) is 120 cm³/mol. The molecule has 30 heavy (non-hydrogen) atoms. The third-order valence-electron chi connectivity index (χ3n) is 4.76. The van der Waals surface area contributed by atoms with Crippen LogP contribution >= 0.6 is 0 Å². The Morgan fingerprint density at radius 3 is 2.03 bits per heavy atom. The average Bonchev–Trinajstić information content (AvgIpc) is 2.63. The number of hydrogen-bond donors (Lipinski definition) is 2. The molecule has 170 valence electrons. The van der Waals surface area contributed by atoms with Crippen LogP contribution in [0.5, 0.6) is 0 Å². The van der Waals surface area contributed by atoms with Crippen molar-refractivity contribution in [3.05, 3.63) is 35.9 Å². The predicted octanol–water partition coefficient (Wildman–Crippen LogP) is 5.02. The molecule has 1 rings (SSSR count). The van der Waals surface area contributed by atoms with Crippen molar-refractivity contribution in [2.75, 3.05) is 7.11 Å². The molecule has 0 bridgehead atoms. The smallest absolute Gasteiger partial charge is 0.408 e. The van der Waals surface area contributed by atoms with Gasteiger partial charge in [0.1, 0.15) is 12.6 Å². The fourth-order valence-corrected chi connectivity index (χ4v) is 3.11. The van der Waals surface area contributed by atoms with Crippen molar-refractivity contribution < 1.29 is 19.1 Å². The lowest BCUT2D eigenvalue weighted by Gasteiger charge is -2.38. The molecule has 0 spiro atoms. The zero-order valence-corrected chi connectivity index (χ0v) is 19.9. The summed E-state index contributed by atoms with van der Waals surface area (Å²) in [6.07, 6.45) is 1.53. The number of rotatable bonds is 9. The van der Waals surface area contributed by atoms with Crippen LogP contribution in [0.4, 0.5) is 4.79 Å². The highest BCUT2D eigenvalue weighted by molar-refractivity contribution is 5.76. The molecule has 0 heterocycles. The van der Waals surface area contributed by atoms with Crippen LogP contribution in [0.25, 0.3) is 0 Å². The Hall–Kier alpha value is -2.08. The molecule has 0 aromatic heterocycles. The van der Waals surface area contributed by atoms with Gasteiger partial charge in [0.25, 0.3) is 0 Å². The SMILES string of the molecule is COC(=O)[C@H](CC(C)(C)C)N[C@@](C)(CCC(C)(C)C)NC(=O)OCc1ccccc1. The molecule has 0 fully saturated rings. The lowest BCUT2D eigenvalue weighted by Crippen LogP contribution is -2.62. The van der Waals surface area contributed by atoms with Crippen LogP contribution in [-0.4, -0.2) is 30.9 Å². The number of carbonyl (C=O) groups excluding carboxylic acids is 2. The maximum Gasteiger partial charge on any atom is 0.408 e. The number of benzene rings is 1. The van der Waals surface area contributed by atoms with Crippen LogP contribution in [-0.2, 0) is 20.9 Å². The highest BCUT2D eigenvalue weighted by atomic mass is 16.5. The van der Waals surface area contributed by atoms with Gasteiger partial charge in [0.2, 0.25) is 0 Å². The summed E-state index contributed by atoms with van der Waals surface area (Å²) in [6, 6.07) is 8.98. The van der Waals surface area contributed by atoms with Gasteiger partial charge in [0.15, 0.2) is 0 Å². The van der Waals surface area contributed by atoms with Gasteiger partial charge in [-0.05, 0) is 42.6 Å². The molecule has 0 unspecified atom stereocenters. The van der Waals surface area contributed by atoms with Crippen LogP contribution in [0.3, 0.4) is 0 Å². The van der Waals surface area contributed by atoms with E-state index in [1.807, 2.05) is 37.3 Å². The third-order valence-corrected chi connectivity index (χ3v) is 4.76. The molecule has 0 saturated heterocycles. The van der Waals surface area contributed by atoms with Gasteiger partial charge in [-0.25, -0.2) is 4.79 Å². The van der Waals surface area contributed by atoms with Gasteiger partial charge in [-0.15, -0.1) is 0 Å². The molecule has 0 aliphatic rings. The van der Waals surface area contributed by atoms with Crippen molar-refractivity contribution in [1.82, 2.24) is 10.6 Å². The first-order valence-corrected chi connectivity index (χ1v) is 10.6. The Kier molecular flexibility index (Phi) is 9.35. The Morgan fingerprint density at radius 2 is 1.53 bits per heavy atom. The lowest BCUT2D eigenvalue weighted by molar-refractivity contribution is -0.144. The minimum Gasteiger partial charge on any atom is -0.468 e. The van der Waals surface area contributed by atoms with Gasteiger partial charge in [-0.2, -0.15) is 0 Å². The maximum atomic E-state index is 12.6. The van der Waals surface area contributed by atoms with Gasteiger partial charge in [-0.3, -0.25) is 10.1 Å². The van der Waals surface area contributed by atoms with Crippen LogP contribution in [0.1, 0.15) is 73.3 Å². The van der Waals surface area contributed by atoms with E-state index in [0.29, 0.717) is 12.8 Å². The van der Waals surface area contributed by atoms with Gasteiger partial charge < -0.3 is 14.8 Å². The molecule has 2 atom stereocenters. The molecule has 6 heteroatoms. The Labute approximate surface area is 182 Å². The van der Waals surface area contributed by atoms with Crippen molar-refractivity contribution in [1.29, 1.82) is 0 Å². The minimum absolute atomic E-state index is 0.0728. The maximum absolute atomic E-state index is 12.6. The van der Waals surface area contributed by atoms with E-state index < -0.39 is 17.8 Å². The van der Waals surface area contributed by atoms with E-state index >= 15 is 0 Å². The van der Waals surface area contributed by atoms with Crippen LogP contribution in [0.15, 0.2) is 30.3 Å².